The van der Waals surface area contributed by atoms with Crippen molar-refractivity contribution >= 4 is 11.8 Å². The van der Waals surface area contributed by atoms with Crippen LogP contribution in [0, 0.1) is 0 Å². The second-order valence-corrected chi connectivity index (χ2v) is 2.41. The van der Waals surface area contributed by atoms with Gasteiger partial charge in [0.25, 0.3) is 0 Å². The molecular formula is C7H15N3O3. The molecule has 0 fully saturated rings. The summed E-state index contributed by atoms with van der Waals surface area (Å²) in [6.45, 7) is 0.853. The van der Waals surface area contributed by atoms with E-state index < -0.39 is 5.91 Å². The van der Waals surface area contributed by atoms with Crippen LogP contribution in [0.25, 0.3) is 0 Å². The van der Waals surface area contributed by atoms with Crippen molar-refractivity contribution < 1.29 is 14.3 Å². The lowest BCUT2D eigenvalue weighted by Gasteiger charge is -2.03. The molecule has 0 aromatic carbocycles. The Hall–Kier alpha value is -1.14. The molecular weight excluding hydrogens is 174 g/mol. The second-order valence-electron chi connectivity index (χ2n) is 2.41. The van der Waals surface area contributed by atoms with Gasteiger partial charge in [-0.25, -0.2) is 0 Å². The van der Waals surface area contributed by atoms with E-state index in [2.05, 4.69) is 5.32 Å². The van der Waals surface area contributed by atoms with Gasteiger partial charge in [-0.3, -0.25) is 9.59 Å². The molecule has 76 valence electrons. The molecule has 0 saturated heterocycles. The largest absolute Gasteiger partial charge is 0.370 e. The van der Waals surface area contributed by atoms with Crippen molar-refractivity contribution in [3.05, 3.63) is 0 Å². The van der Waals surface area contributed by atoms with Gasteiger partial charge in [0.15, 0.2) is 0 Å². The van der Waals surface area contributed by atoms with E-state index in [1.54, 1.807) is 0 Å². The molecule has 0 aliphatic heterocycles. The molecule has 6 nitrogen and oxygen atoms in total. The molecule has 0 radical (unpaired) electrons. The van der Waals surface area contributed by atoms with Crippen molar-refractivity contribution in [3.8, 4) is 0 Å². The van der Waals surface area contributed by atoms with Gasteiger partial charge < -0.3 is 21.5 Å². The quantitative estimate of drug-likeness (QED) is 0.401. The minimum absolute atomic E-state index is 0.118. The summed E-state index contributed by atoms with van der Waals surface area (Å²) in [5.41, 5.74) is 9.96. The Kier molecular flexibility index (Phi) is 6.85. The minimum atomic E-state index is -0.520. The summed E-state index contributed by atoms with van der Waals surface area (Å²) in [4.78, 5) is 21.0. The van der Waals surface area contributed by atoms with Crippen molar-refractivity contribution in [3.63, 3.8) is 0 Å². The zero-order valence-electron chi connectivity index (χ0n) is 7.41. The van der Waals surface area contributed by atoms with E-state index in [9.17, 15) is 9.59 Å². The summed E-state index contributed by atoms with van der Waals surface area (Å²) >= 11 is 0. The van der Waals surface area contributed by atoms with Crippen LogP contribution in [0.3, 0.4) is 0 Å². The van der Waals surface area contributed by atoms with Gasteiger partial charge in [0.05, 0.1) is 6.61 Å². The monoisotopic (exact) mass is 189 g/mol. The predicted molar refractivity (Wildman–Crippen MR) is 46.7 cm³/mol. The number of primary amides is 1. The summed E-state index contributed by atoms with van der Waals surface area (Å²) < 4.78 is 4.80. The van der Waals surface area contributed by atoms with E-state index in [-0.39, 0.29) is 19.1 Å². The number of carbonyl (C=O) groups excluding carboxylic acids is 2. The maximum Gasteiger partial charge on any atom is 0.243 e. The van der Waals surface area contributed by atoms with Gasteiger partial charge in [0.2, 0.25) is 11.8 Å². The molecule has 0 aromatic rings. The van der Waals surface area contributed by atoms with Crippen LogP contribution in [0.2, 0.25) is 0 Å². The van der Waals surface area contributed by atoms with Crippen molar-refractivity contribution in [2.45, 2.75) is 6.42 Å². The number of amides is 2. The van der Waals surface area contributed by atoms with Gasteiger partial charge in [-0.1, -0.05) is 0 Å². The number of ether oxygens (including phenoxy) is 1. The average molecular weight is 189 g/mol. The van der Waals surface area contributed by atoms with Crippen LogP contribution in [0.4, 0.5) is 0 Å². The first kappa shape index (κ1) is 11.9. The van der Waals surface area contributed by atoms with Crippen LogP contribution >= 0.6 is 0 Å². The van der Waals surface area contributed by atoms with Crippen molar-refractivity contribution in [2.75, 3.05) is 26.3 Å². The highest BCUT2D eigenvalue weighted by Gasteiger charge is 1.98. The number of rotatable bonds is 7. The van der Waals surface area contributed by atoms with Crippen LogP contribution in [0.5, 0.6) is 0 Å². The number of carbonyl (C=O) groups is 2. The van der Waals surface area contributed by atoms with Crippen molar-refractivity contribution in [2.24, 2.45) is 11.5 Å². The molecule has 0 spiro atoms. The lowest BCUT2D eigenvalue weighted by atomic mass is 10.4. The number of nitrogens with one attached hydrogen (secondary N) is 1. The van der Waals surface area contributed by atoms with Crippen molar-refractivity contribution in [1.82, 2.24) is 5.32 Å². The lowest BCUT2D eigenvalue weighted by molar-refractivity contribution is -0.122. The van der Waals surface area contributed by atoms with E-state index in [4.69, 9.17) is 16.2 Å². The van der Waals surface area contributed by atoms with Gasteiger partial charge in [-0.2, -0.15) is 0 Å². The van der Waals surface area contributed by atoms with Crippen LogP contribution in [0.15, 0.2) is 0 Å². The number of nitrogens with two attached hydrogens (primary N) is 2. The van der Waals surface area contributed by atoms with Gasteiger partial charge in [0.1, 0.15) is 6.61 Å². The third-order valence-electron chi connectivity index (χ3n) is 1.18. The highest BCUT2D eigenvalue weighted by Crippen LogP contribution is 1.76. The van der Waals surface area contributed by atoms with E-state index in [1.807, 2.05) is 0 Å². The van der Waals surface area contributed by atoms with E-state index in [0.717, 1.165) is 0 Å². The first-order valence-electron chi connectivity index (χ1n) is 3.99. The molecule has 0 saturated carbocycles. The zero-order chi connectivity index (χ0) is 10.1. The van der Waals surface area contributed by atoms with Crippen LogP contribution in [-0.2, 0) is 14.3 Å². The Bertz CT molecular complexity index is 172. The Morgan fingerprint density at radius 3 is 2.62 bits per heavy atom. The topological polar surface area (TPSA) is 107 Å². The van der Waals surface area contributed by atoms with Gasteiger partial charge >= 0.3 is 0 Å². The van der Waals surface area contributed by atoms with E-state index in [1.165, 1.54) is 0 Å². The van der Waals surface area contributed by atoms with Crippen LogP contribution < -0.4 is 16.8 Å². The fourth-order valence-corrected chi connectivity index (χ4v) is 0.655. The molecule has 6 heteroatoms. The summed E-state index contributed by atoms with van der Waals surface area (Å²) in [6.07, 6.45) is 0.301. The first-order valence-corrected chi connectivity index (χ1v) is 3.99. The van der Waals surface area contributed by atoms with Crippen LogP contribution in [0.1, 0.15) is 6.42 Å². The average Bonchev–Trinajstić information content (AvgIpc) is 2.03. The summed E-state index contributed by atoms with van der Waals surface area (Å²) in [5.74, 6) is -0.640. The Labute approximate surface area is 76.6 Å². The second kappa shape index (κ2) is 7.51. The molecule has 13 heavy (non-hydrogen) atoms. The highest BCUT2D eigenvalue weighted by atomic mass is 16.5. The molecule has 0 heterocycles. The summed E-state index contributed by atoms with van der Waals surface area (Å²) in [5, 5.41) is 2.56. The van der Waals surface area contributed by atoms with Gasteiger partial charge in [-0.15, -0.1) is 0 Å². The van der Waals surface area contributed by atoms with Gasteiger partial charge in [-0.05, 0) is 0 Å². The Morgan fingerprint density at radius 2 is 2.08 bits per heavy atom. The van der Waals surface area contributed by atoms with E-state index >= 15 is 0 Å². The maximum atomic E-state index is 10.8. The fraction of sp³-hybridized carbons (Fsp3) is 0.714. The molecule has 2 amide bonds. The maximum absolute atomic E-state index is 10.8. The molecule has 0 aromatic heterocycles. The molecule has 0 aliphatic rings. The molecule has 0 aliphatic carbocycles. The summed E-state index contributed by atoms with van der Waals surface area (Å²) in [7, 11) is 0. The molecule has 0 rings (SSSR count). The fourth-order valence-electron chi connectivity index (χ4n) is 0.655. The molecule has 0 bridgehead atoms. The zero-order valence-corrected chi connectivity index (χ0v) is 7.41. The molecule has 0 unspecified atom stereocenters. The molecule has 0 atom stereocenters. The third-order valence-corrected chi connectivity index (χ3v) is 1.18. The van der Waals surface area contributed by atoms with Crippen LogP contribution in [-0.4, -0.2) is 38.1 Å². The smallest absolute Gasteiger partial charge is 0.243 e. The Morgan fingerprint density at radius 1 is 1.38 bits per heavy atom. The third kappa shape index (κ3) is 8.77. The Balaban J connectivity index is 3.16. The van der Waals surface area contributed by atoms with Crippen molar-refractivity contribution in [1.29, 1.82) is 0 Å². The minimum Gasteiger partial charge on any atom is -0.370 e. The summed E-state index contributed by atoms with van der Waals surface area (Å²) in [6, 6.07) is 0. The normalized spacial score (nSPS) is 9.62. The lowest BCUT2D eigenvalue weighted by Crippen LogP contribution is -2.30. The first-order chi connectivity index (χ1) is 6.16. The number of hydrogen-bond donors (Lipinski definition) is 3. The predicted octanol–water partition coefficient (Wildman–Crippen LogP) is -2.05. The van der Waals surface area contributed by atoms with Gasteiger partial charge in [0, 0.05) is 19.5 Å². The van der Waals surface area contributed by atoms with E-state index in [0.29, 0.717) is 19.5 Å². The number of hydrogen-bond acceptors (Lipinski definition) is 4. The standard InChI is InChI=1S/C7H15N3O3/c8-2-1-7(12)10-3-4-13-5-6(9)11/h1-5,8H2,(H2,9,11)(H,10,12). The SMILES string of the molecule is NCCC(=O)NCCOCC(N)=O. The highest BCUT2D eigenvalue weighted by molar-refractivity contribution is 5.76. The molecule has 5 N–H and O–H groups in total.